The zero-order valence-corrected chi connectivity index (χ0v) is 19.3. The molecule has 7 heteroatoms. The van der Waals surface area contributed by atoms with Crippen LogP contribution in [0.5, 0.6) is 11.6 Å². The summed E-state index contributed by atoms with van der Waals surface area (Å²) in [4.78, 5) is 4.74. The van der Waals surface area contributed by atoms with E-state index < -0.39 is 6.23 Å². The molecule has 6 nitrogen and oxygen atoms in total. The summed E-state index contributed by atoms with van der Waals surface area (Å²) in [6, 6.07) is 24.3. The molecule has 166 valence electrons. The highest BCUT2D eigenvalue weighted by molar-refractivity contribution is 7.98. The number of nitrogens with zero attached hydrogens (tertiary/aromatic N) is 3. The second-order valence-electron chi connectivity index (χ2n) is 7.72. The number of aryl methyl sites for hydroxylation is 1. The molecule has 33 heavy (non-hydrogen) atoms. The molecule has 0 bridgehead atoms. The van der Waals surface area contributed by atoms with Gasteiger partial charge in [0.1, 0.15) is 5.75 Å². The van der Waals surface area contributed by atoms with Crippen LogP contribution in [0.4, 0.5) is 5.69 Å². The molecule has 1 aromatic heterocycles. The van der Waals surface area contributed by atoms with Crippen LogP contribution in [0.1, 0.15) is 29.8 Å². The molecule has 0 saturated heterocycles. The van der Waals surface area contributed by atoms with Crippen LogP contribution < -0.4 is 14.8 Å². The van der Waals surface area contributed by atoms with E-state index in [1.165, 1.54) is 11.1 Å². The van der Waals surface area contributed by atoms with Gasteiger partial charge in [-0.2, -0.15) is 4.98 Å². The van der Waals surface area contributed by atoms with Gasteiger partial charge in [-0.25, -0.2) is 0 Å². The molecule has 1 N–H and O–H groups in total. The molecule has 0 unspecified atom stereocenters. The van der Waals surface area contributed by atoms with Gasteiger partial charge in [-0.3, -0.25) is 0 Å². The minimum atomic E-state index is -0.445. The molecular formula is C26H24N4O2S. The average molecular weight is 457 g/mol. The van der Waals surface area contributed by atoms with Crippen molar-refractivity contribution in [1.29, 1.82) is 0 Å². The number of aromatic nitrogens is 3. The summed E-state index contributed by atoms with van der Waals surface area (Å²) >= 11 is 1.54. The highest BCUT2D eigenvalue weighted by Gasteiger charge is 2.26. The zero-order valence-electron chi connectivity index (χ0n) is 18.5. The Kier molecular flexibility index (Phi) is 6.13. The Balaban J connectivity index is 1.47. The number of thioether (sulfide) groups is 1. The molecule has 0 spiro atoms. The largest absolute Gasteiger partial charge is 0.494 e. The lowest BCUT2D eigenvalue weighted by molar-refractivity contribution is 0.224. The number of hydrogen-bond acceptors (Lipinski definition) is 7. The number of fused-ring (bicyclic) bond motifs is 3. The number of benzene rings is 3. The van der Waals surface area contributed by atoms with Crippen LogP contribution in [0.2, 0.25) is 0 Å². The number of rotatable bonds is 6. The topological polar surface area (TPSA) is 69.2 Å². The van der Waals surface area contributed by atoms with Crippen molar-refractivity contribution in [3.05, 3.63) is 89.5 Å². The number of nitrogens with one attached hydrogen (secondary N) is 1. The summed E-state index contributed by atoms with van der Waals surface area (Å²) in [5.74, 6) is 2.02. The van der Waals surface area contributed by atoms with Gasteiger partial charge in [-0.15, -0.1) is 10.2 Å². The summed E-state index contributed by atoms with van der Waals surface area (Å²) in [5.41, 5.74) is 5.84. The van der Waals surface area contributed by atoms with Gasteiger partial charge in [0, 0.05) is 22.6 Å². The van der Waals surface area contributed by atoms with Gasteiger partial charge in [-0.05, 0) is 37.6 Å². The van der Waals surface area contributed by atoms with Crippen LogP contribution in [0.25, 0.3) is 11.3 Å². The summed E-state index contributed by atoms with van der Waals surface area (Å²) in [6.07, 6.45) is -0.445. The van der Waals surface area contributed by atoms with Gasteiger partial charge < -0.3 is 14.8 Å². The Morgan fingerprint density at radius 1 is 1.00 bits per heavy atom. The van der Waals surface area contributed by atoms with Crippen LogP contribution >= 0.6 is 11.8 Å². The maximum atomic E-state index is 6.37. The first-order valence-corrected chi connectivity index (χ1v) is 11.9. The van der Waals surface area contributed by atoms with E-state index in [0.717, 1.165) is 28.3 Å². The zero-order chi connectivity index (χ0) is 22.6. The number of ether oxygens (including phenoxy) is 2. The summed E-state index contributed by atoms with van der Waals surface area (Å²) in [7, 11) is 0. The van der Waals surface area contributed by atoms with Crippen molar-refractivity contribution >= 4 is 17.4 Å². The highest BCUT2D eigenvalue weighted by Crippen LogP contribution is 2.40. The Bertz CT molecular complexity index is 1260. The molecule has 3 aromatic carbocycles. The van der Waals surface area contributed by atoms with E-state index in [0.29, 0.717) is 23.3 Å². The summed E-state index contributed by atoms with van der Waals surface area (Å²) in [6.45, 7) is 4.66. The van der Waals surface area contributed by atoms with Gasteiger partial charge in [0.2, 0.25) is 11.0 Å². The molecule has 1 atom stereocenters. The van der Waals surface area contributed by atoms with Crippen LogP contribution in [0.3, 0.4) is 0 Å². The van der Waals surface area contributed by atoms with Crippen LogP contribution in [0.15, 0.2) is 78.0 Å². The predicted molar refractivity (Wildman–Crippen MR) is 131 cm³/mol. The number of hydrogen-bond donors (Lipinski definition) is 1. The summed E-state index contributed by atoms with van der Waals surface area (Å²) < 4.78 is 12.1. The molecule has 5 rings (SSSR count). The fourth-order valence-corrected chi connectivity index (χ4v) is 4.36. The number of para-hydroxylation sites is 1. The Labute approximate surface area is 197 Å². The van der Waals surface area contributed by atoms with Gasteiger partial charge in [0.15, 0.2) is 11.9 Å². The second kappa shape index (κ2) is 9.50. The third kappa shape index (κ3) is 4.78. The van der Waals surface area contributed by atoms with E-state index in [9.17, 15) is 0 Å². The minimum Gasteiger partial charge on any atom is -0.494 e. The van der Waals surface area contributed by atoms with E-state index in [1.54, 1.807) is 11.8 Å². The number of anilines is 1. The normalized spacial score (nSPS) is 14.3. The lowest BCUT2D eigenvalue weighted by Gasteiger charge is -2.20. The molecule has 0 amide bonds. The maximum absolute atomic E-state index is 6.37. The van der Waals surface area contributed by atoms with Crippen molar-refractivity contribution in [3.8, 4) is 22.9 Å². The Morgan fingerprint density at radius 2 is 1.85 bits per heavy atom. The monoisotopic (exact) mass is 456 g/mol. The van der Waals surface area contributed by atoms with Crippen molar-refractivity contribution in [2.45, 2.75) is 31.0 Å². The lowest BCUT2D eigenvalue weighted by Crippen LogP contribution is -2.17. The van der Waals surface area contributed by atoms with Crippen molar-refractivity contribution in [2.75, 3.05) is 11.9 Å². The van der Waals surface area contributed by atoms with E-state index in [4.69, 9.17) is 14.5 Å². The van der Waals surface area contributed by atoms with Gasteiger partial charge in [0.05, 0.1) is 6.61 Å². The average Bonchev–Trinajstić information content (AvgIpc) is 3.01. The van der Waals surface area contributed by atoms with Crippen LogP contribution in [0, 0.1) is 6.92 Å². The lowest BCUT2D eigenvalue weighted by atomic mass is 10.1. The van der Waals surface area contributed by atoms with E-state index >= 15 is 0 Å². The molecule has 4 aromatic rings. The molecule has 0 saturated carbocycles. The fraction of sp³-hybridized carbons (Fsp3) is 0.192. The van der Waals surface area contributed by atoms with E-state index in [-0.39, 0.29) is 0 Å². The Morgan fingerprint density at radius 3 is 2.70 bits per heavy atom. The molecule has 0 aliphatic carbocycles. The molecule has 0 radical (unpaired) electrons. The predicted octanol–water partition coefficient (Wildman–Crippen LogP) is 6.04. The SMILES string of the molecule is CCOc1cccc([C@H]2Nc3ccccc3-c3nnc(SCc4ccc(C)cc4)nc3O2)c1. The quantitative estimate of drug-likeness (QED) is 0.355. The van der Waals surface area contributed by atoms with Crippen LogP contribution in [-0.2, 0) is 5.75 Å². The molecule has 1 aliphatic rings. The maximum Gasteiger partial charge on any atom is 0.247 e. The minimum absolute atomic E-state index is 0.445. The van der Waals surface area contributed by atoms with Crippen molar-refractivity contribution in [2.24, 2.45) is 0 Å². The van der Waals surface area contributed by atoms with Crippen molar-refractivity contribution in [1.82, 2.24) is 15.2 Å². The van der Waals surface area contributed by atoms with Gasteiger partial charge in [0.25, 0.3) is 0 Å². The van der Waals surface area contributed by atoms with E-state index in [2.05, 4.69) is 46.7 Å². The Hall–Kier alpha value is -3.58. The van der Waals surface area contributed by atoms with Gasteiger partial charge in [-0.1, -0.05) is 71.9 Å². The fourth-order valence-electron chi connectivity index (χ4n) is 3.63. The van der Waals surface area contributed by atoms with Crippen molar-refractivity contribution in [3.63, 3.8) is 0 Å². The first-order valence-electron chi connectivity index (χ1n) is 10.9. The molecule has 1 aliphatic heterocycles. The summed E-state index contributed by atoms with van der Waals surface area (Å²) in [5, 5.41) is 12.9. The molecule has 2 heterocycles. The standard InChI is InChI=1S/C26H24N4O2S/c1-3-31-20-8-6-7-19(15-20)24-27-22-10-5-4-9-21(22)23-25(32-24)28-26(30-29-23)33-16-18-13-11-17(2)12-14-18/h4-15,24,27H,3,16H2,1-2H3/t24-/m0/s1. The highest BCUT2D eigenvalue weighted by atomic mass is 32.2. The van der Waals surface area contributed by atoms with Crippen molar-refractivity contribution < 1.29 is 9.47 Å². The smallest absolute Gasteiger partial charge is 0.247 e. The van der Waals surface area contributed by atoms with Gasteiger partial charge >= 0.3 is 0 Å². The molecule has 0 fully saturated rings. The van der Waals surface area contributed by atoms with Crippen LogP contribution in [-0.4, -0.2) is 21.8 Å². The first-order chi connectivity index (χ1) is 16.2. The third-order valence-electron chi connectivity index (χ3n) is 5.29. The second-order valence-corrected chi connectivity index (χ2v) is 8.66. The first kappa shape index (κ1) is 21.3. The molecular weight excluding hydrogens is 432 g/mol. The third-order valence-corrected chi connectivity index (χ3v) is 6.20. The van der Waals surface area contributed by atoms with E-state index in [1.807, 2.05) is 55.5 Å².